The lowest BCUT2D eigenvalue weighted by molar-refractivity contribution is -0.122. The predicted molar refractivity (Wildman–Crippen MR) is 62.9 cm³/mol. The Hall–Kier alpha value is -0.650. The normalized spacial score (nSPS) is 16.8. The molecule has 2 atom stereocenters. The Bertz CT molecular complexity index is 207. The van der Waals surface area contributed by atoms with E-state index in [1.165, 1.54) is 0 Å². The van der Waals surface area contributed by atoms with Crippen LogP contribution in [0, 0.1) is 0 Å². The zero-order valence-corrected chi connectivity index (χ0v) is 10.5. The minimum Gasteiger partial charge on any atom is -0.379 e. The van der Waals surface area contributed by atoms with Crippen molar-refractivity contribution < 1.29 is 14.3 Å². The van der Waals surface area contributed by atoms with E-state index in [9.17, 15) is 4.79 Å². The number of hydrogen-bond donors (Lipinski definition) is 2. The van der Waals surface area contributed by atoms with Gasteiger partial charge in [-0.25, -0.2) is 0 Å². The van der Waals surface area contributed by atoms with E-state index < -0.39 is 11.4 Å². The number of rotatable bonds is 9. The number of ether oxygens (including phenoxy) is 2. The van der Waals surface area contributed by atoms with E-state index in [1.807, 2.05) is 13.8 Å². The molecule has 16 heavy (non-hydrogen) atoms. The van der Waals surface area contributed by atoms with Gasteiger partial charge in [-0.05, 0) is 33.6 Å². The number of carbonyl (C=O) groups is 1. The Morgan fingerprint density at radius 1 is 1.50 bits per heavy atom. The zero-order valence-electron chi connectivity index (χ0n) is 10.5. The zero-order chi connectivity index (χ0) is 12.6. The Balaban J connectivity index is 3.56. The van der Waals surface area contributed by atoms with Crippen molar-refractivity contribution in [3.05, 3.63) is 0 Å². The van der Waals surface area contributed by atoms with Crippen molar-refractivity contribution in [2.75, 3.05) is 19.8 Å². The molecule has 0 aromatic carbocycles. The molecular formula is C11H24N2O3. The average Bonchev–Trinajstić information content (AvgIpc) is 2.21. The molecule has 2 unspecified atom stereocenters. The van der Waals surface area contributed by atoms with Gasteiger partial charge in [0.1, 0.15) is 0 Å². The van der Waals surface area contributed by atoms with Gasteiger partial charge in [0.2, 0.25) is 5.91 Å². The van der Waals surface area contributed by atoms with E-state index in [4.69, 9.17) is 20.9 Å². The molecule has 0 fully saturated rings. The summed E-state index contributed by atoms with van der Waals surface area (Å²) in [6.07, 6.45) is 1.31. The van der Waals surface area contributed by atoms with Crippen LogP contribution in [0.25, 0.3) is 0 Å². The Morgan fingerprint density at radius 2 is 2.12 bits per heavy atom. The summed E-state index contributed by atoms with van der Waals surface area (Å²) in [5, 5.41) is 0. The lowest BCUT2D eigenvalue weighted by atomic mass is 9.97. The van der Waals surface area contributed by atoms with E-state index in [2.05, 4.69) is 0 Å². The standard InChI is InChI=1S/C11H24N2O3/c1-4-15-8-9(2)16-7-5-6-11(3,13)10(12)14/h9H,4-8,13H2,1-3H3,(H2,12,14). The van der Waals surface area contributed by atoms with Gasteiger partial charge >= 0.3 is 0 Å². The molecule has 0 aliphatic rings. The van der Waals surface area contributed by atoms with Crippen molar-refractivity contribution in [3.63, 3.8) is 0 Å². The monoisotopic (exact) mass is 232 g/mol. The molecule has 5 nitrogen and oxygen atoms in total. The Labute approximate surface area is 97.5 Å². The Morgan fingerprint density at radius 3 is 2.62 bits per heavy atom. The van der Waals surface area contributed by atoms with Gasteiger partial charge in [0.25, 0.3) is 0 Å². The second-order valence-corrected chi connectivity index (χ2v) is 4.23. The molecule has 0 saturated heterocycles. The summed E-state index contributed by atoms with van der Waals surface area (Å²) in [4.78, 5) is 10.9. The van der Waals surface area contributed by atoms with Crippen LogP contribution in [-0.4, -0.2) is 37.4 Å². The summed E-state index contributed by atoms with van der Waals surface area (Å²) in [5.74, 6) is -0.477. The number of amides is 1. The van der Waals surface area contributed by atoms with Gasteiger partial charge in [-0.3, -0.25) is 4.79 Å². The minimum atomic E-state index is -0.938. The van der Waals surface area contributed by atoms with Crippen molar-refractivity contribution in [1.82, 2.24) is 0 Å². The van der Waals surface area contributed by atoms with Gasteiger partial charge in [0.15, 0.2) is 0 Å². The molecule has 0 aromatic heterocycles. The molecule has 0 rings (SSSR count). The van der Waals surface area contributed by atoms with Crippen molar-refractivity contribution in [3.8, 4) is 0 Å². The lowest BCUT2D eigenvalue weighted by Gasteiger charge is -2.20. The molecule has 0 saturated carbocycles. The summed E-state index contributed by atoms with van der Waals surface area (Å²) in [7, 11) is 0. The van der Waals surface area contributed by atoms with Gasteiger partial charge in [0.05, 0.1) is 18.2 Å². The molecule has 5 heteroatoms. The van der Waals surface area contributed by atoms with Crippen LogP contribution in [0.1, 0.15) is 33.6 Å². The first-order chi connectivity index (χ1) is 7.40. The van der Waals surface area contributed by atoms with E-state index >= 15 is 0 Å². The van der Waals surface area contributed by atoms with E-state index in [1.54, 1.807) is 6.92 Å². The molecule has 0 aliphatic heterocycles. The van der Waals surface area contributed by atoms with Crippen LogP contribution in [-0.2, 0) is 14.3 Å². The quantitative estimate of drug-likeness (QED) is 0.564. The van der Waals surface area contributed by atoms with Gasteiger partial charge in [-0.15, -0.1) is 0 Å². The van der Waals surface area contributed by atoms with Gasteiger partial charge in [-0.2, -0.15) is 0 Å². The second kappa shape index (κ2) is 7.60. The minimum absolute atomic E-state index is 0.0672. The fourth-order valence-electron chi connectivity index (χ4n) is 1.18. The van der Waals surface area contributed by atoms with Crippen LogP contribution >= 0.6 is 0 Å². The summed E-state index contributed by atoms with van der Waals surface area (Å²) in [5.41, 5.74) is 9.92. The highest BCUT2D eigenvalue weighted by molar-refractivity contribution is 5.83. The summed E-state index contributed by atoms with van der Waals surface area (Å²) in [6, 6.07) is 0. The number of primary amides is 1. The van der Waals surface area contributed by atoms with E-state index in [0.29, 0.717) is 32.7 Å². The first-order valence-electron chi connectivity index (χ1n) is 5.68. The van der Waals surface area contributed by atoms with Gasteiger partial charge in [0, 0.05) is 13.2 Å². The topological polar surface area (TPSA) is 87.6 Å². The smallest absolute Gasteiger partial charge is 0.237 e. The summed E-state index contributed by atoms with van der Waals surface area (Å²) >= 11 is 0. The fourth-order valence-corrected chi connectivity index (χ4v) is 1.18. The van der Waals surface area contributed by atoms with Crippen LogP contribution in [0.5, 0.6) is 0 Å². The molecule has 0 bridgehead atoms. The third-order valence-corrected chi connectivity index (χ3v) is 2.36. The first-order valence-corrected chi connectivity index (χ1v) is 5.68. The van der Waals surface area contributed by atoms with Crippen molar-refractivity contribution in [1.29, 1.82) is 0 Å². The maximum Gasteiger partial charge on any atom is 0.237 e. The molecule has 1 amide bonds. The van der Waals surface area contributed by atoms with Crippen molar-refractivity contribution in [2.24, 2.45) is 11.5 Å². The molecule has 0 radical (unpaired) electrons. The molecular weight excluding hydrogens is 208 g/mol. The van der Waals surface area contributed by atoms with E-state index in [0.717, 1.165) is 0 Å². The molecule has 0 aliphatic carbocycles. The summed E-state index contributed by atoms with van der Waals surface area (Å²) < 4.78 is 10.7. The van der Waals surface area contributed by atoms with Crippen LogP contribution in [0.15, 0.2) is 0 Å². The van der Waals surface area contributed by atoms with Crippen LogP contribution in [0.3, 0.4) is 0 Å². The maximum atomic E-state index is 10.9. The highest BCUT2D eigenvalue weighted by Crippen LogP contribution is 2.08. The molecule has 0 aromatic rings. The van der Waals surface area contributed by atoms with Crippen LogP contribution < -0.4 is 11.5 Å². The van der Waals surface area contributed by atoms with Crippen molar-refractivity contribution >= 4 is 5.91 Å². The lowest BCUT2D eigenvalue weighted by Crippen LogP contribution is -2.49. The predicted octanol–water partition coefficient (Wildman–Crippen LogP) is 0.411. The highest BCUT2D eigenvalue weighted by Gasteiger charge is 2.24. The van der Waals surface area contributed by atoms with Crippen molar-refractivity contribution in [2.45, 2.75) is 45.3 Å². The summed E-state index contributed by atoms with van der Waals surface area (Å²) in [6.45, 7) is 7.38. The maximum absolute atomic E-state index is 10.9. The van der Waals surface area contributed by atoms with Gasteiger partial charge in [-0.1, -0.05) is 0 Å². The molecule has 96 valence electrons. The number of nitrogens with two attached hydrogens (primary N) is 2. The third-order valence-electron chi connectivity index (χ3n) is 2.36. The number of carbonyl (C=O) groups excluding carboxylic acids is 1. The van der Waals surface area contributed by atoms with Crippen LogP contribution in [0.2, 0.25) is 0 Å². The average molecular weight is 232 g/mol. The largest absolute Gasteiger partial charge is 0.379 e. The van der Waals surface area contributed by atoms with Gasteiger partial charge < -0.3 is 20.9 Å². The third kappa shape index (κ3) is 6.76. The molecule has 0 spiro atoms. The molecule has 4 N–H and O–H groups in total. The van der Waals surface area contributed by atoms with E-state index in [-0.39, 0.29) is 6.10 Å². The van der Waals surface area contributed by atoms with Crippen LogP contribution in [0.4, 0.5) is 0 Å². The Kier molecular flexibility index (Phi) is 7.29. The SMILES string of the molecule is CCOCC(C)OCCCC(C)(N)C(N)=O. The fraction of sp³-hybridized carbons (Fsp3) is 0.909. The first kappa shape index (κ1) is 15.3. The highest BCUT2D eigenvalue weighted by atomic mass is 16.5. The molecule has 0 heterocycles. The second-order valence-electron chi connectivity index (χ2n) is 4.23. The number of hydrogen-bond acceptors (Lipinski definition) is 4.